The molecule has 128 valence electrons. The van der Waals surface area contributed by atoms with Gasteiger partial charge in [-0.05, 0) is 36.2 Å². The summed E-state index contributed by atoms with van der Waals surface area (Å²) in [7, 11) is -1.27. The Morgan fingerprint density at radius 1 is 0.840 bits per heavy atom. The van der Waals surface area contributed by atoms with Gasteiger partial charge in [-0.1, -0.05) is 73.2 Å². The van der Waals surface area contributed by atoms with E-state index in [9.17, 15) is 9.32 Å². The van der Waals surface area contributed by atoms with E-state index in [0.717, 1.165) is 26.5 Å². The van der Waals surface area contributed by atoms with Crippen LogP contribution in [0.5, 0.6) is 0 Å². The van der Waals surface area contributed by atoms with Crippen molar-refractivity contribution < 1.29 is 9.32 Å². The van der Waals surface area contributed by atoms with E-state index in [1.807, 2.05) is 92.7 Å². The maximum atomic E-state index is 13.1. The quantitative estimate of drug-likeness (QED) is 0.703. The van der Waals surface area contributed by atoms with Crippen LogP contribution in [0, 0.1) is 6.92 Å². The van der Waals surface area contributed by atoms with Crippen molar-refractivity contribution in [2.24, 2.45) is 0 Å². The molecule has 3 rings (SSSR count). The van der Waals surface area contributed by atoms with E-state index in [2.05, 4.69) is 0 Å². The van der Waals surface area contributed by atoms with Crippen LogP contribution in [0.2, 0.25) is 0 Å². The maximum absolute atomic E-state index is 13.1. The molecule has 0 aliphatic carbocycles. The predicted molar refractivity (Wildman–Crippen MR) is 102 cm³/mol. The molecular formula is C22H22O2S. The number of hydrogen-bond donors (Lipinski definition) is 1. The minimum Gasteiger partial charge on any atom is -0.388 e. The summed E-state index contributed by atoms with van der Waals surface area (Å²) in [6.07, 6.45) is -0.641. The van der Waals surface area contributed by atoms with E-state index < -0.39 is 16.9 Å². The van der Waals surface area contributed by atoms with Crippen molar-refractivity contribution in [1.29, 1.82) is 0 Å². The Bertz CT molecular complexity index is 857. The van der Waals surface area contributed by atoms with Gasteiger partial charge in [0.2, 0.25) is 0 Å². The van der Waals surface area contributed by atoms with E-state index in [4.69, 9.17) is 0 Å². The number of rotatable bonds is 5. The standard InChI is InChI=1S/C22H22O2S/c1-16-12-14-19(15-13-16)25(24)21-11-7-6-10-20(21)17(2)22(23)18-8-4-3-5-9-18/h3-15,17,22-23H,1-2H3/t17-,22+,25?/m0/s1. The van der Waals surface area contributed by atoms with Crippen LogP contribution in [0.15, 0.2) is 88.7 Å². The van der Waals surface area contributed by atoms with Gasteiger partial charge in [0.25, 0.3) is 0 Å². The Labute approximate surface area is 151 Å². The lowest BCUT2D eigenvalue weighted by molar-refractivity contribution is 0.150. The van der Waals surface area contributed by atoms with Crippen molar-refractivity contribution in [3.63, 3.8) is 0 Å². The van der Waals surface area contributed by atoms with Gasteiger partial charge in [0, 0.05) is 15.7 Å². The number of aliphatic hydroxyl groups is 1. The SMILES string of the molecule is Cc1ccc(S(=O)c2ccccc2[C@H](C)[C@@H](O)c2ccccc2)cc1. The molecule has 0 aliphatic heterocycles. The van der Waals surface area contributed by atoms with Gasteiger partial charge >= 0.3 is 0 Å². The Balaban J connectivity index is 1.95. The second-order valence-corrected chi connectivity index (χ2v) is 7.71. The fraction of sp³-hybridized carbons (Fsp3) is 0.182. The van der Waals surface area contributed by atoms with Gasteiger partial charge in [-0.3, -0.25) is 0 Å². The van der Waals surface area contributed by atoms with Gasteiger partial charge in [-0.25, -0.2) is 4.21 Å². The smallest absolute Gasteiger partial charge is 0.0856 e. The lowest BCUT2D eigenvalue weighted by Crippen LogP contribution is -2.10. The first kappa shape index (κ1) is 17.6. The van der Waals surface area contributed by atoms with E-state index in [1.54, 1.807) is 0 Å². The van der Waals surface area contributed by atoms with E-state index in [0.29, 0.717) is 0 Å². The fourth-order valence-electron chi connectivity index (χ4n) is 2.92. The molecule has 1 N–H and O–H groups in total. The average molecular weight is 350 g/mol. The van der Waals surface area contributed by atoms with Gasteiger partial charge in [0.15, 0.2) is 0 Å². The van der Waals surface area contributed by atoms with E-state index in [1.165, 1.54) is 0 Å². The first-order valence-electron chi connectivity index (χ1n) is 8.38. The molecule has 0 radical (unpaired) electrons. The topological polar surface area (TPSA) is 37.3 Å². The minimum atomic E-state index is -1.27. The molecule has 0 aliphatic rings. The lowest BCUT2D eigenvalue weighted by Gasteiger charge is -2.22. The Morgan fingerprint density at radius 2 is 1.44 bits per heavy atom. The highest BCUT2D eigenvalue weighted by Crippen LogP contribution is 2.34. The summed E-state index contributed by atoms with van der Waals surface area (Å²) in [4.78, 5) is 1.54. The van der Waals surface area contributed by atoms with Crippen LogP contribution in [0.25, 0.3) is 0 Å². The van der Waals surface area contributed by atoms with Crippen molar-refractivity contribution in [2.75, 3.05) is 0 Å². The van der Waals surface area contributed by atoms with Crippen LogP contribution >= 0.6 is 0 Å². The van der Waals surface area contributed by atoms with Gasteiger partial charge < -0.3 is 5.11 Å². The Kier molecular flexibility index (Phi) is 5.47. The van der Waals surface area contributed by atoms with Crippen molar-refractivity contribution in [1.82, 2.24) is 0 Å². The zero-order chi connectivity index (χ0) is 17.8. The lowest BCUT2D eigenvalue weighted by atomic mass is 9.91. The number of benzene rings is 3. The molecule has 0 heterocycles. The van der Waals surface area contributed by atoms with Gasteiger partial charge in [-0.15, -0.1) is 0 Å². The van der Waals surface area contributed by atoms with Gasteiger partial charge in [0.05, 0.1) is 16.9 Å². The monoisotopic (exact) mass is 350 g/mol. The van der Waals surface area contributed by atoms with Crippen molar-refractivity contribution in [2.45, 2.75) is 35.7 Å². The van der Waals surface area contributed by atoms with Crippen LogP contribution < -0.4 is 0 Å². The molecule has 0 bridgehead atoms. The van der Waals surface area contributed by atoms with Crippen LogP contribution in [0.4, 0.5) is 0 Å². The highest BCUT2D eigenvalue weighted by atomic mass is 32.2. The average Bonchev–Trinajstić information content (AvgIpc) is 2.67. The zero-order valence-corrected chi connectivity index (χ0v) is 15.2. The summed E-state index contributed by atoms with van der Waals surface area (Å²) < 4.78 is 13.1. The molecule has 0 spiro atoms. The first-order valence-corrected chi connectivity index (χ1v) is 9.53. The number of aliphatic hydroxyl groups excluding tert-OH is 1. The molecule has 1 unspecified atom stereocenters. The first-order chi connectivity index (χ1) is 12.1. The summed E-state index contributed by atoms with van der Waals surface area (Å²) in [5.41, 5.74) is 2.92. The molecule has 3 atom stereocenters. The largest absolute Gasteiger partial charge is 0.388 e. The molecule has 0 aromatic heterocycles. The summed E-state index contributed by atoms with van der Waals surface area (Å²) in [5.74, 6) is -0.159. The van der Waals surface area contributed by atoms with Crippen LogP contribution in [-0.4, -0.2) is 9.32 Å². The third kappa shape index (κ3) is 3.89. The van der Waals surface area contributed by atoms with Crippen LogP contribution in [-0.2, 0) is 10.8 Å². The zero-order valence-electron chi connectivity index (χ0n) is 14.4. The summed E-state index contributed by atoms with van der Waals surface area (Å²) >= 11 is 0. The van der Waals surface area contributed by atoms with Gasteiger partial charge in [-0.2, -0.15) is 0 Å². The highest BCUT2D eigenvalue weighted by Gasteiger charge is 2.23. The third-order valence-corrected chi connectivity index (χ3v) is 5.93. The molecule has 3 heteroatoms. The summed E-state index contributed by atoms with van der Waals surface area (Å²) in [5, 5.41) is 10.8. The van der Waals surface area contributed by atoms with Gasteiger partial charge in [0.1, 0.15) is 0 Å². The van der Waals surface area contributed by atoms with Crippen LogP contribution in [0.1, 0.15) is 35.6 Å². The molecule has 0 amide bonds. The molecule has 0 fully saturated rings. The number of aryl methyl sites for hydroxylation is 1. The molecule has 2 nitrogen and oxygen atoms in total. The second-order valence-electron chi connectivity index (χ2n) is 6.26. The summed E-state index contributed by atoms with van der Waals surface area (Å²) in [6, 6.07) is 25.0. The molecule has 0 saturated carbocycles. The normalized spacial score (nSPS) is 14.7. The predicted octanol–water partition coefficient (Wildman–Crippen LogP) is 5.00. The fourth-order valence-corrected chi connectivity index (χ4v) is 4.23. The summed E-state index contributed by atoms with van der Waals surface area (Å²) in [6.45, 7) is 3.99. The van der Waals surface area contributed by atoms with Crippen molar-refractivity contribution >= 4 is 10.8 Å². The van der Waals surface area contributed by atoms with E-state index in [-0.39, 0.29) is 5.92 Å². The third-order valence-electron chi connectivity index (χ3n) is 4.46. The Morgan fingerprint density at radius 3 is 2.12 bits per heavy atom. The van der Waals surface area contributed by atoms with Crippen molar-refractivity contribution in [3.8, 4) is 0 Å². The molecule has 3 aromatic rings. The van der Waals surface area contributed by atoms with Crippen molar-refractivity contribution in [3.05, 3.63) is 95.6 Å². The maximum Gasteiger partial charge on any atom is 0.0856 e. The number of hydrogen-bond acceptors (Lipinski definition) is 2. The molecule has 25 heavy (non-hydrogen) atoms. The van der Waals surface area contributed by atoms with E-state index >= 15 is 0 Å². The molecular weight excluding hydrogens is 328 g/mol. The molecule has 0 saturated heterocycles. The Hall–Kier alpha value is -2.23. The minimum absolute atomic E-state index is 0.159. The second kappa shape index (κ2) is 7.77. The molecule has 3 aromatic carbocycles. The highest BCUT2D eigenvalue weighted by molar-refractivity contribution is 7.85. The van der Waals surface area contributed by atoms with Crippen LogP contribution in [0.3, 0.4) is 0 Å².